The van der Waals surface area contributed by atoms with Gasteiger partial charge in [0.2, 0.25) is 0 Å². The predicted octanol–water partition coefficient (Wildman–Crippen LogP) is 1.12. The third-order valence-corrected chi connectivity index (χ3v) is 3.61. The van der Waals surface area contributed by atoms with Gasteiger partial charge in [0.15, 0.2) is 0 Å². The van der Waals surface area contributed by atoms with Crippen LogP contribution in [-0.4, -0.2) is 35.4 Å². The van der Waals surface area contributed by atoms with E-state index in [4.69, 9.17) is 5.73 Å². The third kappa shape index (κ3) is 2.94. The third-order valence-electron chi connectivity index (χ3n) is 3.61. The molecule has 1 fully saturated rings. The Labute approximate surface area is 114 Å². The molecule has 1 aromatic rings. The van der Waals surface area contributed by atoms with Crippen LogP contribution in [0.3, 0.4) is 0 Å². The fourth-order valence-electron chi connectivity index (χ4n) is 2.27. The fraction of sp³-hybridized carbons (Fsp3) is 0.467. The first-order valence-electron chi connectivity index (χ1n) is 6.56. The number of likely N-dealkylation sites (tertiary alicyclic amines) is 1. The molecule has 0 spiro atoms. The van der Waals surface area contributed by atoms with Crippen LogP contribution in [0, 0.1) is 23.7 Å². The van der Waals surface area contributed by atoms with Gasteiger partial charge < -0.3 is 10.6 Å². The second kappa shape index (κ2) is 5.85. The molecule has 0 aliphatic carbocycles. The summed E-state index contributed by atoms with van der Waals surface area (Å²) in [5, 5.41) is 0. The summed E-state index contributed by atoms with van der Waals surface area (Å²) in [6.45, 7) is 6.21. The summed E-state index contributed by atoms with van der Waals surface area (Å²) in [5.41, 5.74) is 6.46. The van der Waals surface area contributed by atoms with Crippen LogP contribution in [0.15, 0.2) is 18.3 Å². The fourth-order valence-corrected chi connectivity index (χ4v) is 2.27. The molecule has 1 aromatic heterocycles. The maximum Gasteiger partial charge on any atom is 0.273 e. The largest absolute Gasteiger partial charge is 0.337 e. The number of carbonyl (C=O) groups excluding carboxylic acids is 1. The molecule has 4 nitrogen and oxygen atoms in total. The molecule has 2 N–H and O–H groups in total. The smallest absolute Gasteiger partial charge is 0.273 e. The standard InChI is InChI=1S/C15H19N3O/c1-11-9-18(10-12(11)2)15(19)14-13(5-3-7-16)6-4-8-17-14/h4,6,8,11-12H,7,9-10,16H2,1-2H3. The van der Waals surface area contributed by atoms with Crippen molar-refractivity contribution in [1.82, 2.24) is 9.88 Å². The maximum absolute atomic E-state index is 12.5. The Morgan fingerprint density at radius 2 is 2.16 bits per heavy atom. The molecular weight excluding hydrogens is 238 g/mol. The van der Waals surface area contributed by atoms with Crippen LogP contribution in [0.2, 0.25) is 0 Å². The summed E-state index contributed by atoms with van der Waals surface area (Å²) >= 11 is 0. The topological polar surface area (TPSA) is 59.2 Å². The lowest BCUT2D eigenvalue weighted by atomic mass is 10.0. The lowest BCUT2D eigenvalue weighted by molar-refractivity contribution is 0.0779. The minimum atomic E-state index is -0.0295. The first-order chi connectivity index (χ1) is 9.13. The van der Waals surface area contributed by atoms with E-state index in [1.54, 1.807) is 12.3 Å². The molecule has 2 heterocycles. The van der Waals surface area contributed by atoms with Crippen LogP contribution in [0.1, 0.15) is 29.9 Å². The minimum absolute atomic E-state index is 0.0295. The Kier molecular flexibility index (Phi) is 4.18. The predicted molar refractivity (Wildman–Crippen MR) is 74.4 cm³/mol. The summed E-state index contributed by atoms with van der Waals surface area (Å²) < 4.78 is 0. The molecule has 1 aliphatic heterocycles. The summed E-state index contributed by atoms with van der Waals surface area (Å²) in [7, 11) is 0. The Morgan fingerprint density at radius 1 is 1.47 bits per heavy atom. The Balaban J connectivity index is 2.24. The van der Waals surface area contributed by atoms with Gasteiger partial charge in [-0.2, -0.15) is 0 Å². The summed E-state index contributed by atoms with van der Waals surface area (Å²) in [6.07, 6.45) is 1.63. The van der Waals surface area contributed by atoms with Gasteiger partial charge in [0.25, 0.3) is 5.91 Å². The number of amides is 1. The Morgan fingerprint density at radius 3 is 2.79 bits per heavy atom. The first kappa shape index (κ1) is 13.6. The zero-order chi connectivity index (χ0) is 13.8. The molecule has 0 radical (unpaired) electrons. The Bertz CT molecular complexity index is 520. The molecular formula is C15H19N3O. The summed E-state index contributed by atoms with van der Waals surface area (Å²) in [6, 6.07) is 3.60. The summed E-state index contributed by atoms with van der Waals surface area (Å²) in [4.78, 5) is 18.5. The van der Waals surface area contributed by atoms with Crippen molar-refractivity contribution < 1.29 is 4.79 Å². The van der Waals surface area contributed by atoms with Gasteiger partial charge in [-0.1, -0.05) is 25.7 Å². The second-order valence-electron chi connectivity index (χ2n) is 5.07. The Hall–Kier alpha value is -1.86. The van der Waals surface area contributed by atoms with E-state index < -0.39 is 0 Å². The van der Waals surface area contributed by atoms with Gasteiger partial charge in [0.05, 0.1) is 12.1 Å². The molecule has 1 saturated heterocycles. The molecule has 0 saturated carbocycles. The molecule has 2 unspecified atom stereocenters. The van der Waals surface area contributed by atoms with E-state index in [1.807, 2.05) is 11.0 Å². The van der Waals surface area contributed by atoms with Crippen molar-refractivity contribution >= 4 is 5.91 Å². The van der Waals surface area contributed by atoms with Gasteiger partial charge in [0.1, 0.15) is 5.69 Å². The van der Waals surface area contributed by atoms with E-state index >= 15 is 0 Å². The first-order valence-corrected chi connectivity index (χ1v) is 6.56. The number of hydrogen-bond acceptors (Lipinski definition) is 3. The van der Waals surface area contributed by atoms with Crippen LogP contribution in [0.4, 0.5) is 0 Å². The lowest BCUT2D eigenvalue weighted by Gasteiger charge is -2.16. The molecule has 0 aromatic carbocycles. The normalized spacial score (nSPS) is 21.9. The van der Waals surface area contributed by atoms with E-state index in [9.17, 15) is 4.79 Å². The highest BCUT2D eigenvalue weighted by Gasteiger charge is 2.31. The molecule has 4 heteroatoms. The highest BCUT2D eigenvalue weighted by atomic mass is 16.2. The SMILES string of the molecule is CC1CN(C(=O)c2ncccc2C#CCN)CC1C. The number of rotatable bonds is 1. The van der Waals surface area contributed by atoms with Crippen molar-refractivity contribution in [1.29, 1.82) is 0 Å². The molecule has 0 bridgehead atoms. The number of nitrogens with two attached hydrogens (primary N) is 1. The zero-order valence-corrected chi connectivity index (χ0v) is 11.4. The molecule has 19 heavy (non-hydrogen) atoms. The van der Waals surface area contributed by atoms with Crippen molar-refractivity contribution in [3.63, 3.8) is 0 Å². The average molecular weight is 257 g/mol. The van der Waals surface area contributed by atoms with Crippen molar-refractivity contribution in [2.45, 2.75) is 13.8 Å². The number of nitrogens with zero attached hydrogens (tertiary/aromatic N) is 2. The van der Waals surface area contributed by atoms with Crippen LogP contribution in [0.25, 0.3) is 0 Å². The van der Waals surface area contributed by atoms with E-state index in [0.29, 0.717) is 23.1 Å². The highest BCUT2D eigenvalue weighted by molar-refractivity contribution is 5.95. The maximum atomic E-state index is 12.5. The number of hydrogen-bond donors (Lipinski definition) is 1. The monoisotopic (exact) mass is 257 g/mol. The van der Waals surface area contributed by atoms with E-state index in [0.717, 1.165) is 13.1 Å². The van der Waals surface area contributed by atoms with Crippen molar-refractivity contribution in [2.75, 3.05) is 19.6 Å². The number of pyridine rings is 1. The van der Waals surface area contributed by atoms with Crippen molar-refractivity contribution in [3.8, 4) is 11.8 Å². The highest BCUT2D eigenvalue weighted by Crippen LogP contribution is 2.23. The molecule has 2 atom stereocenters. The quantitative estimate of drug-likeness (QED) is 0.767. The van der Waals surface area contributed by atoms with Gasteiger partial charge >= 0.3 is 0 Å². The van der Waals surface area contributed by atoms with E-state index in [2.05, 4.69) is 30.7 Å². The van der Waals surface area contributed by atoms with Gasteiger partial charge in [-0.25, -0.2) is 4.98 Å². The molecule has 1 amide bonds. The van der Waals surface area contributed by atoms with Gasteiger partial charge in [0, 0.05) is 19.3 Å². The van der Waals surface area contributed by atoms with Crippen LogP contribution < -0.4 is 5.73 Å². The zero-order valence-electron chi connectivity index (χ0n) is 11.4. The lowest BCUT2D eigenvalue weighted by Crippen LogP contribution is -2.30. The van der Waals surface area contributed by atoms with E-state index in [1.165, 1.54) is 0 Å². The number of carbonyl (C=O) groups is 1. The van der Waals surface area contributed by atoms with Crippen LogP contribution in [-0.2, 0) is 0 Å². The van der Waals surface area contributed by atoms with Gasteiger partial charge in [-0.3, -0.25) is 4.79 Å². The van der Waals surface area contributed by atoms with Crippen LogP contribution >= 0.6 is 0 Å². The molecule has 2 rings (SSSR count). The molecule has 1 aliphatic rings. The van der Waals surface area contributed by atoms with Crippen molar-refractivity contribution in [3.05, 3.63) is 29.6 Å². The minimum Gasteiger partial charge on any atom is -0.337 e. The molecule has 100 valence electrons. The van der Waals surface area contributed by atoms with Gasteiger partial charge in [-0.15, -0.1) is 0 Å². The van der Waals surface area contributed by atoms with Crippen LogP contribution in [0.5, 0.6) is 0 Å². The van der Waals surface area contributed by atoms with Gasteiger partial charge in [-0.05, 0) is 24.0 Å². The van der Waals surface area contributed by atoms with Crippen molar-refractivity contribution in [2.24, 2.45) is 17.6 Å². The van der Waals surface area contributed by atoms with E-state index in [-0.39, 0.29) is 12.5 Å². The summed E-state index contributed by atoms with van der Waals surface area (Å²) in [5.74, 6) is 6.73. The average Bonchev–Trinajstić information content (AvgIpc) is 2.76. The second-order valence-corrected chi connectivity index (χ2v) is 5.07. The number of aromatic nitrogens is 1.